The van der Waals surface area contributed by atoms with Crippen LogP contribution in [0.2, 0.25) is 0 Å². The Labute approximate surface area is 174 Å². The lowest BCUT2D eigenvalue weighted by Gasteiger charge is -2.14. The van der Waals surface area contributed by atoms with Gasteiger partial charge in [0.05, 0.1) is 5.97 Å². The van der Waals surface area contributed by atoms with E-state index in [4.69, 9.17) is 0 Å². The molecule has 1 aromatic heterocycles. The number of aromatic nitrogens is 1. The van der Waals surface area contributed by atoms with Crippen molar-refractivity contribution in [1.82, 2.24) is 4.57 Å². The molecular formula is C24H20N3O3-. The van der Waals surface area contributed by atoms with Gasteiger partial charge in [0.25, 0.3) is 5.91 Å². The summed E-state index contributed by atoms with van der Waals surface area (Å²) in [5.41, 5.74) is 4.76. The van der Waals surface area contributed by atoms with E-state index in [2.05, 4.69) is 5.32 Å². The summed E-state index contributed by atoms with van der Waals surface area (Å²) in [5, 5.41) is 23.3. The number of hydrogen-bond acceptors (Lipinski definition) is 4. The molecule has 0 unspecified atom stereocenters. The van der Waals surface area contributed by atoms with Crippen LogP contribution < -0.4 is 10.4 Å². The Morgan fingerprint density at radius 2 is 1.77 bits per heavy atom. The fourth-order valence-corrected chi connectivity index (χ4v) is 3.36. The lowest BCUT2D eigenvalue weighted by atomic mass is 10.1. The highest BCUT2D eigenvalue weighted by Crippen LogP contribution is 2.25. The summed E-state index contributed by atoms with van der Waals surface area (Å²) in [6.07, 6.45) is 1.56. The number of carboxylic acids is 1. The number of amides is 1. The lowest BCUT2D eigenvalue weighted by Crippen LogP contribution is -2.22. The van der Waals surface area contributed by atoms with Gasteiger partial charge >= 0.3 is 0 Å². The quantitative estimate of drug-likeness (QED) is 0.527. The van der Waals surface area contributed by atoms with E-state index in [9.17, 15) is 20.0 Å². The molecule has 3 rings (SSSR count). The van der Waals surface area contributed by atoms with E-state index in [1.807, 2.05) is 43.5 Å². The Hall–Kier alpha value is -4.11. The van der Waals surface area contributed by atoms with Crippen LogP contribution in [-0.4, -0.2) is 16.4 Å². The number of rotatable bonds is 5. The molecular weight excluding hydrogens is 378 g/mol. The predicted octanol–water partition coefficient (Wildman–Crippen LogP) is 3.31. The first-order chi connectivity index (χ1) is 14.3. The highest BCUT2D eigenvalue weighted by Gasteiger charge is 2.15. The number of nitrogens with zero attached hydrogens (tertiary/aromatic N) is 2. The van der Waals surface area contributed by atoms with Crippen molar-refractivity contribution in [1.29, 1.82) is 5.26 Å². The number of nitriles is 1. The van der Waals surface area contributed by atoms with Crippen molar-refractivity contribution >= 4 is 23.6 Å². The number of aryl methyl sites for hydroxylation is 2. The van der Waals surface area contributed by atoms with Crippen molar-refractivity contribution < 1.29 is 14.7 Å². The second-order valence-electron chi connectivity index (χ2n) is 6.94. The number of para-hydroxylation sites is 1. The highest BCUT2D eigenvalue weighted by molar-refractivity contribution is 6.09. The van der Waals surface area contributed by atoms with Gasteiger partial charge in [0.15, 0.2) is 0 Å². The van der Waals surface area contributed by atoms with Gasteiger partial charge in [-0.25, -0.2) is 0 Å². The van der Waals surface area contributed by atoms with Gasteiger partial charge in [0.1, 0.15) is 11.6 Å². The molecule has 30 heavy (non-hydrogen) atoms. The van der Waals surface area contributed by atoms with Crippen LogP contribution in [0.25, 0.3) is 11.8 Å². The molecule has 0 atom stereocenters. The van der Waals surface area contributed by atoms with E-state index in [0.29, 0.717) is 5.69 Å². The number of anilines is 1. The van der Waals surface area contributed by atoms with E-state index >= 15 is 0 Å². The van der Waals surface area contributed by atoms with E-state index in [-0.39, 0.29) is 11.1 Å². The Balaban J connectivity index is 1.97. The van der Waals surface area contributed by atoms with Gasteiger partial charge in [-0.2, -0.15) is 5.26 Å². The molecule has 0 saturated carbocycles. The third kappa shape index (κ3) is 4.15. The normalized spacial score (nSPS) is 11.1. The van der Waals surface area contributed by atoms with Crippen LogP contribution in [0.5, 0.6) is 0 Å². The fraction of sp³-hybridized carbons (Fsp3) is 0.125. The number of carbonyl (C=O) groups is 2. The molecule has 0 bridgehead atoms. The molecule has 1 amide bonds. The standard InChI is InChI=1S/C24H21N3O3/c1-15-11-18(24(29)30)9-10-22(15)27-16(2)12-19(17(27)3)13-20(14-25)23(28)26-21-7-5-4-6-8-21/h4-13H,1-3H3,(H,26,28)(H,29,30)/p-1/b20-13+. The minimum absolute atomic E-state index is 0.0110. The SMILES string of the molecule is Cc1cc(C(=O)[O-])ccc1-n1c(C)cc(/C=C(\C#N)C(=O)Nc2ccccc2)c1C. The molecule has 2 aromatic carbocycles. The average Bonchev–Trinajstić information content (AvgIpc) is 2.99. The summed E-state index contributed by atoms with van der Waals surface area (Å²) < 4.78 is 1.96. The summed E-state index contributed by atoms with van der Waals surface area (Å²) >= 11 is 0. The van der Waals surface area contributed by atoms with E-state index in [1.54, 1.807) is 42.5 Å². The Kier molecular flexibility index (Phi) is 5.84. The second-order valence-corrected chi connectivity index (χ2v) is 6.94. The first-order valence-electron chi connectivity index (χ1n) is 9.31. The highest BCUT2D eigenvalue weighted by atomic mass is 16.4. The lowest BCUT2D eigenvalue weighted by molar-refractivity contribution is -0.255. The molecule has 3 aromatic rings. The predicted molar refractivity (Wildman–Crippen MR) is 113 cm³/mol. The summed E-state index contributed by atoms with van der Waals surface area (Å²) in [5.74, 6) is -1.71. The Bertz CT molecular complexity index is 1200. The van der Waals surface area contributed by atoms with Crippen LogP contribution in [0.1, 0.15) is 32.9 Å². The van der Waals surface area contributed by atoms with Gasteiger partial charge < -0.3 is 19.8 Å². The summed E-state index contributed by atoms with van der Waals surface area (Å²) in [7, 11) is 0. The molecule has 1 heterocycles. The molecule has 0 aliphatic carbocycles. The van der Waals surface area contributed by atoms with Crippen LogP contribution in [-0.2, 0) is 4.79 Å². The molecule has 0 radical (unpaired) electrons. The zero-order valence-electron chi connectivity index (χ0n) is 16.9. The zero-order valence-corrected chi connectivity index (χ0v) is 16.9. The molecule has 0 fully saturated rings. The third-order valence-corrected chi connectivity index (χ3v) is 4.84. The molecule has 6 heteroatoms. The largest absolute Gasteiger partial charge is 0.545 e. The van der Waals surface area contributed by atoms with E-state index < -0.39 is 11.9 Å². The van der Waals surface area contributed by atoms with Crippen LogP contribution >= 0.6 is 0 Å². The maximum Gasteiger partial charge on any atom is 0.266 e. The molecule has 6 nitrogen and oxygen atoms in total. The summed E-state index contributed by atoms with van der Waals surface area (Å²) in [6.45, 7) is 5.62. The number of aromatic carboxylic acids is 1. The summed E-state index contributed by atoms with van der Waals surface area (Å²) in [6, 6.07) is 17.6. The van der Waals surface area contributed by atoms with Crippen LogP contribution in [0.3, 0.4) is 0 Å². The first-order valence-corrected chi connectivity index (χ1v) is 9.31. The number of hydrogen-bond donors (Lipinski definition) is 1. The molecule has 150 valence electrons. The smallest absolute Gasteiger partial charge is 0.266 e. The van der Waals surface area contributed by atoms with Gasteiger partial charge in [-0.1, -0.05) is 24.3 Å². The van der Waals surface area contributed by atoms with Crippen molar-refractivity contribution in [2.75, 3.05) is 5.32 Å². The van der Waals surface area contributed by atoms with Crippen molar-refractivity contribution in [3.05, 3.63) is 88.2 Å². The van der Waals surface area contributed by atoms with Gasteiger partial charge in [0.2, 0.25) is 0 Å². The monoisotopic (exact) mass is 398 g/mol. The second kappa shape index (κ2) is 8.50. The molecule has 0 aliphatic rings. The van der Waals surface area contributed by atoms with Crippen molar-refractivity contribution in [3.63, 3.8) is 0 Å². The molecule has 0 saturated heterocycles. The number of carbonyl (C=O) groups excluding carboxylic acids is 2. The maximum absolute atomic E-state index is 12.5. The number of benzene rings is 2. The number of nitrogens with one attached hydrogen (secondary N) is 1. The van der Waals surface area contributed by atoms with Gasteiger partial charge in [-0.3, -0.25) is 4.79 Å². The van der Waals surface area contributed by atoms with Gasteiger partial charge in [-0.15, -0.1) is 0 Å². The molecule has 0 spiro atoms. The van der Waals surface area contributed by atoms with Crippen molar-refractivity contribution in [2.24, 2.45) is 0 Å². The topological polar surface area (TPSA) is 97.9 Å². The van der Waals surface area contributed by atoms with E-state index in [0.717, 1.165) is 28.2 Å². The van der Waals surface area contributed by atoms with Crippen LogP contribution in [0.4, 0.5) is 5.69 Å². The first kappa shape index (κ1) is 20.6. The average molecular weight is 398 g/mol. The molecule has 1 N–H and O–H groups in total. The Morgan fingerprint density at radius 3 is 2.37 bits per heavy atom. The minimum atomic E-state index is -1.22. The Morgan fingerprint density at radius 1 is 1.07 bits per heavy atom. The number of carboxylic acid groups (broad SMARTS) is 1. The van der Waals surface area contributed by atoms with Crippen LogP contribution in [0, 0.1) is 32.1 Å². The fourth-order valence-electron chi connectivity index (χ4n) is 3.36. The third-order valence-electron chi connectivity index (χ3n) is 4.84. The van der Waals surface area contributed by atoms with E-state index in [1.165, 1.54) is 6.07 Å². The van der Waals surface area contributed by atoms with Crippen molar-refractivity contribution in [3.8, 4) is 11.8 Å². The van der Waals surface area contributed by atoms with Crippen molar-refractivity contribution in [2.45, 2.75) is 20.8 Å². The minimum Gasteiger partial charge on any atom is -0.545 e. The van der Waals surface area contributed by atoms with Gasteiger partial charge in [0, 0.05) is 22.8 Å². The van der Waals surface area contributed by atoms with Crippen LogP contribution in [0.15, 0.2) is 60.2 Å². The summed E-state index contributed by atoms with van der Waals surface area (Å²) in [4.78, 5) is 23.6. The zero-order chi connectivity index (χ0) is 21.8. The van der Waals surface area contributed by atoms with Gasteiger partial charge in [-0.05, 0) is 73.9 Å². The maximum atomic E-state index is 12.5. The molecule has 0 aliphatic heterocycles.